The Morgan fingerprint density at radius 2 is 1.81 bits per heavy atom. The molecule has 16 heavy (non-hydrogen) atoms. The van der Waals surface area contributed by atoms with Gasteiger partial charge in [0.1, 0.15) is 0 Å². The topological polar surface area (TPSA) is 41.1 Å². The fourth-order valence-corrected chi connectivity index (χ4v) is 2.37. The van der Waals surface area contributed by atoms with E-state index in [9.17, 15) is 4.79 Å². The Balaban J connectivity index is 2.07. The van der Waals surface area contributed by atoms with E-state index in [0.717, 1.165) is 26.1 Å². The van der Waals surface area contributed by atoms with Gasteiger partial charge < -0.3 is 10.6 Å². The molecule has 94 valence electrons. The number of hydrogen-bond donors (Lipinski definition) is 2. The molecule has 0 spiro atoms. The van der Waals surface area contributed by atoms with Crippen molar-refractivity contribution in [3.63, 3.8) is 0 Å². The molecule has 1 aliphatic rings. The van der Waals surface area contributed by atoms with Crippen LogP contribution in [0.2, 0.25) is 0 Å². The molecule has 0 saturated heterocycles. The van der Waals surface area contributed by atoms with Crippen molar-refractivity contribution >= 4 is 5.91 Å². The summed E-state index contributed by atoms with van der Waals surface area (Å²) in [5, 5.41) is 6.19. The van der Waals surface area contributed by atoms with Gasteiger partial charge >= 0.3 is 0 Å². The highest BCUT2D eigenvalue weighted by Crippen LogP contribution is 2.25. The van der Waals surface area contributed by atoms with Gasteiger partial charge in [-0.25, -0.2) is 0 Å². The van der Waals surface area contributed by atoms with Crippen LogP contribution in [0.15, 0.2) is 0 Å². The number of amides is 1. The molecular weight excluding hydrogens is 200 g/mol. The summed E-state index contributed by atoms with van der Waals surface area (Å²) in [7, 11) is 0. The molecule has 3 heteroatoms. The number of likely N-dealkylation sites (N-methyl/N-ethyl adjacent to an activating group) is 1. The van der Waals surface area contributed by atoms with Crippen LogP contribution in [0.4, 0.5) is 0 Å². The fraction of sp³-hybridized carbons (Fsp3) is 0.923. The summed E-state index contributed by atoms with van der Waals surface area (Å²) in [6.07, 6.45) is 8.59. The predicted molar refractivity (Wildman–Crippen MR) is 67.4 cm³/mol. The minimum atomic E-state index is 0.241. The molecule has 1 aliphatic carbocycles. The van der Waals surface area contributed by atoms with E-state index in [-0.39, 0.29) is 5.91 Å². The minimum Gasteiger partial charge on any atom is -0.355 e. The lowest BCUT2D eigenvalue weighted by molar-refractivity contribution is -0.122. The van der Waals surface area contributed by atoms with Crippen LogP contribution in [-0.4, -0.2) is 25.5 Å². The molecule has 0 atom stereocenters. The van der Waals surface area contributed by atoms with E-state index in [1.165, 1.54) is 38.5 Å². The van der Waals surface area contributed by atoms with Gasteiger partial charge in [0.25, 0.3) is 0 Å². The summed E-state index contributed by atoms with van der Waals surface area (Å²) in [4.78, 5) is 11.6. The van der Waals surface area contributed by atoms with Crippen LogP contribution in [0.1, 0.15) is 51.9 Å². The van der Waals surface area contributed by atoms with E-state index in [1.807, 2.05) is 0 Å². The van der Waals surface area contributed by atoms with Crippen LogP contribution < -0.4 is 10.6 Å². The first-order valence-corrected chi connectivity index (χ1v) is 6.80. The van der Waals surface area contributed by atoms with E-state index in [0.29, 0.717) is 5.92 Å². The van der Waals surface area contributed by atoms with Gasteiger partial charge in [0, 0.05) is 19.5 Å². The maximum Gasteiger partial charge on any atom is 0.220 e. The van der Waals surface area contributed by atoms with E-state index >= 15 is 0 Å². The molecule has 3 nitrogen and oxygen atoms in total. The molecule has 0 aliphatic heterocycles. The van der Waals surface area contributed by atoms with Crippen molar-refractivity contribution in [3.8, 4) is 0 Å². The van der Waals surface area contributed by atoms with Crippen LogP contribution in [0.5, 0.6) is 0 Å². The van der Waals surface area contributed by atoms with Gasteiger partial charge in [-0.05, 0) is 25.3 Å². The standard InChI is InChI=1S/C13H26N2O/c1-2-14-9-10-15-13(16)11-12-7-5-3-4-6-8-12/h12,14H,2-11H2,1H3,(H,15,16). The highest BCUT2D eigenvalue weighted by Gasteiger charge is 2.15. The third-order valence-corrected chi connectivity index (χ3v) is 3.32. The SMILES string of the molecule is CCNCCNC(=O)CC1CCCCCC1. The van der Waals surface area contributed by atoms with Crippen molar-refractivity contribution in [1.82, 2.24) is 10.6 Å². The normalized spacial score (nSPS) is 18.1. The molecule has 1 saturated carbocycles. The first kappa shape index (κ1) is 13.5. The van der Waals surface area contributed by atoms with Gasteiger partial charge in [0.05, 0.1) is 0 Å². The zero-order chi connectivity index (χ0) is 11.6. The smallest absolute Gasteiger partial charge is 0.220 e. The predicted octanol–water partition coefficient (Wildman–Crippen LogP) is 2.07. The van der Waals surface area contributed by atoms with Crippen LogP contribution in [0.3, 0.4) is 0 Å². The summed E-state index contributed by atoms with van der Waals surface area (Å²) >= 11 is 0. The van der Waals surface area contributed by atoms with Crippen molar-refractivity contribution in [3.05, 3.63) is 0 Å². The zero-order valence-electron chi connectivity index (χ0n) is 10.6. The van der Waals surface area contributed by atoms with Crippen molar-refractivity contribution in [2.45, 2.75) is 51.9 Å². The molecule has 1 rings (SSSR count). The minimum absolute atomic E-state index is 0.241. The number of carbonyl (C=O) groups excluding carboxylic acids is 1. The van der Waals surface area contributed by atoms with Crippen molar-refractivity contribution in [2.24, 2.45) is 5.92 Å². The zero-order valence-corrected chi connectivity index (χ0v) is 10.6. The summed E-state index contributed by atoms with van der Waals surface area (Å²) in [5.74, 6) is 0.881. The second-order valence-electron chi connectivity index (χ2n) is 4.77. The quantitative estimate of drug-likeness (QED) is 0.538. The molecule has 0 aromatic rings. The van der Waals surface area contributed by atoms with Crippen LogP contribution >= 0.6 is 0 Å². The van der Waals surface area contributed by atoms with Gasteiger partial charge in [0.15, 0.2) is 0 Å². The van der Waals surface area contributed by atoms with Gasteiger partial charge in [-0.15, -0.1) is 0 Å². The third kappa shape index (κ3) is 6.11. The van der Waals surface area contributed by atoms with E-state index in [1.54, 1.807) is 0 Å². The summed E-state index contributed by atoms with van der Waals surface area (Å²) in [6.45, 7) is 4.69. The lowest BCUT2D eigenvalue weighted by Gasteiger charge is -2.13. The maximum atomic E-state index is 11.6. The first-order chi connectivity index (χ1) is 7.83. The van der Waals surface area contributed by atoms with Crippen LogP contribution in [0.25, 0.3) is 0 Å². The summed E-state index contributed by atoms with van der Waals surface area (Å²) in [6, 6.07) is 0. The molecule has 1 amide bonds. The second kappa shape index (κ2) is 8.57. The number of nitrogens with one attached hydrogen (secondary N) is 2. The average Bonchev–Trinajstić information content (AvgIpc) is 2.53. The second-order valence-corrected chi connectivity index (χ2v) is 4.77. The summed E-state index contributed by atoms with van der Waals surface area (Å²) in [5.41, 5.74) is 0. The molecule has 0 bridgehead atoms. The Labute approximate surface area is 99.4 Å². The molecule has 0 aromatic carbocycles. The van der Waals surface area contributed by atoms with Crippen LogP contribution in [-0.2, 0) is 4.79 Å². The Bertz CT molecular complexity index is 186. The Kier molecular flexibility index (Phi) is 7.23. The number of hydrogen-bond acceptors (Lipinski definition) is 2. The van der Waals surface area contributed by atoms with Crippen LogP contribution in [0, 0.1) is 5.92 Å². The first-order valence-electron chi connectivity index (χ1n) is 6.80. The highest BCUT2D eigenvalue weighted by molar-refractivity contribution is 5.76. The van der Waals surface area contributed by atoms with Crippen molar-refractivity contribution in [1.29, 1.82) is 0 Å². The molecule has 2 N–H and O–H groups in total. The molecule has 0 unspecified atom stereocenters. The lowest BCUT2D eigenvalue weighted by atomic mass is 9.96. The van der Waals surface area contributed by atoms with E-state index < -0.39 is 0 Å². The molecule has 1 fully saturated rings. The van der Waals surface area contributed by atoms with Crippen molar-refractivity contribution in [2.75, 3.05) is 19.6 Å². The maximum absolute atomic E-state index is 11.6. The lowest BCUT2D eigenvalue weighted by Crippen LogP contribution is -2.32. The number of rotatable bonds is 6. The van der Waals surface area contributed by atoms with Gasteiger partial charge in [-0.3, -0.25) is 4.79 Å². The monoisotopic (exact) mass is 226 g/mol. The van der Waals surface area contributed by atoms with Crippen molar-refractivity contribution < 1.29 is 4.79 Å². The number of carbonyl (C=O) groups is 1. The highest BCUT2D eigenvalue weighted by atomic mass is 16.1. The Hall–Kier alpha value is -0.570. The molecule has 0 heterocycles. The summed E-state index contributed by atoms with van der Waals surface area (Å²) < 4.78 is 0. The Morgan fingerprint density at radius 1 is 1.12 bits per heavy atom. The van der Waals surface area contributed by atoms with E-state index in [4.69, 9.17) is 0 Å². The molecular formula is C13H26N2O. The average molecular weight is 226 g/mol. The molecule has 0 aromatic heterocycles. The van der Waals surface area contributed by atoms with Gasteiger partial charge in [-0.1, -0.05) is 32.6 Å². The van der Waals surface area contributed by atoms with Gasteiger partial charge in [-0.2, -0.15) is 0 Å². The fourth-order valence-electron chi connectivity index (χ4n) is 2.37. The largest absolute Gasteiger partial charge is 0.355 e. The third-order valence-electron chi connectivity index (χ3n) is 3.32. The Morgan fingerprint density at radius 3 is 2.44 bits per heavy atom. The van der Waals surface area contributed by atoms with E-state index in [2.05, 4.69) is 17.6 Å². The molecule has 0 radical (unpaired) electrons. The van der Waals surface area contributed by atoms with Gasteiger partial charge in [0.2, 0.25) is 5.91 Å².